The first kappa shape index (κ1) is 14.5. The molecule has 20 heavy (non-hydrogen) atoms. The van der Waals surface area contributed by atoms with E-state index in [9.17, 15) is 4.39 Å². The Kier molecular flexibility index (Phi) is 4.69. The Balaban J connectivity index is 2.31. The van der Waals surface area contributed by atoms with E-state index < -0.39 is 0 Å². The zero-order valence-corrected chi connectivity index (χ0v) is 12.0. The third-order valence-corrected chi connectivity index (χ3v) is 3.07. The molecule has 0 fully saturated rings. The molecule has 0 aliphatic heterocycles. The van der Waals surface area contributed by atoms with Crippen molar-refractivity contribution in [2.75, 3.05) is 6.54 Å². The normalized spacial score (nSPS) is 12.2. The van der Waals surface area contributed by atoms with Gasteiger partial charge in [0.15, 0.2) is 0 Å². The zero-order valence-electron chi connectivity index (χ0n) is 12.0. The van der Waals surface area contributed by atoms with Crippen molar-refractivity contribution in [3.63, 3.8) is 0 Å². The number of nitrogens with zero attached hydrogens (tertiary/aromatic N) is 1. The van der Waals surface area contributed by atoms with Crippen molar-refractivity contribution in [3.05, 3.63) is 53.6 Å². The van der Waals surface area contributed by atoms with Crippen LogP contribution in [-0.4, -0.2) is 11.5 Å². The second-order valence-corrected chi connectivity index (χ2v) is 4.67. The van der Waals surface area contributed by atoms with Crippen molar-refractivity contribution in [2.45, 2.75) is 26.8 Å². The fourth-order valence-electron chi connectivity index (χ4n) is 2.08. The quantitative estimate of drug-likeness (QED) is 0.895. The number of hydrogen-bond donors (Lipinski definition) is 1. The predicted octanol–water partition coefficient (Wildman–Crippen LogP) is 3.99. The Hall–Kier alpha value is -1.94. The minimum absolute atomic E-state index is 0.116. The van der Waals surface area contributed by atoms with Gasteiger partial charge in [-0.05, 0) is 44.7 Å². The molecule has 0 amide bonds. The van der Waals surface area contributed by atoms with Crippen LogP contribution in [0.4, 0.5) is 4.39 Å². The fourth-order valence-corrected chi connectivity index (χ4v) is 2.08. The van der Waals surface area contributed by atoms with E-state index in [2.05, 4.69) is 10.3 Å². The van der Waals surface area contributed by atoms with Crippen LogP contribution < -0.4 is 10.1 Å². The van der Waals surface area contributed by atoms with Crippen LogP contribution >= 0.6 is 0 Å². The molecular formula is C16H19FN2O. The Bertz CT molecular complexity index is 569. The second-order valence-electron chi connectivity index (χ2n) is 4.67. The number of aromatic nitrogens is 1. The number of nitrogens with one attached hydrogen (secondary N) is 1. The van der Waals surface area contributed by atoms with E-state index in [0.29, 0.717) is 17.1 Å². The third-order valence-electron chi connectivity index (χ3n) is 3.07. The molecule has 0 bridgehead atoms. The van der Waals surface area contributed by atoms with Gasteiger partial charge in [0, 0.05) is 17.3 Å². The number of benzene rings is 1. The maximum Gasteiger partial charge on any atom is 0.145 e. The topological polar surface area (TPSA) is 34.1 Å². The molecule has 0 aliphatic carbocycles. The van der Waals surface area contributed by atoms with Crippen molar-refractivity contribution in [2.24, 2.45) is 0 Å². The summed E-state index contributed by atoms with van der Waals surface area (Å²) in [5.41, 5.74) is 1.45. The zero-order chi connectivity index (χ0) is 14.5. The first-order valence-corrected chi connectivity index (χ1v) is 6.74. The van der Waals surface area contributed by atoms with Crippen molar-refractivity contribution in [1.29, 1.82) is 0 Å². The summed E-state index contributed by atoms with van der Waals surface area (Å²) in [4.78, 5) is 4.17. The monoisotopic (exact) mass is 274 g/mol. The number of hydrogen-bond acceptors (Lipinski definition) is 3. The first-order valence-electron chi connectivity index (χ1n) is 6.74. The molecule has 1 unspecified atom stereocenters. The van der Waals surface area contributed by atoms with E-state index >= 15 is 0 Å². The molecule has 2 rings (SSSR count). The summed E-state index contributed by atoms with van der Waals surface area (Å²) in [5.74, 6) is 0.853. The molecule has 1 heterocycles. The van der Waals surface area contributed by atoms with E-state index in [4.69, 9.17) is 4.74 Å². The van der Waals surface area contributed by atoms with Gasteiger partial charge in [-0.15, -0.1) is 0 Å². The highest BCUT2D eigenvalue weighted by Gasteiger charge is 2.16. The van der Waals surface area contributed by atoms with Crippen molar-refractivity contribution >= 4 is 0 Å². The molecule has 0 spiro atoms. The molecular weight excluding hydrogens is 255 g/mol. The van der Waals surface area contributed by atoms with Gasteiger partial charge in [0.25, 0.3) is 0 Å². The maximum atomic E-state index is 14.1. The highest BCUT2D eigenvalue weighted by Crippen LogP contribution is 2.31. The van der Waals surface area contributed by atoms with E-state index in [0.717, 1.165) is 12.2 Å². The van der Waals surface area contributed by atoms with Gasteiger partial charge < -0.3 is 10.1 Å². The molecule has 0 saturated carbocycles. The average Bonchev–Trinajstić information content (AvgIpc) is 2.42. The highest BCUT2D eigenvalue weighted by molar-refractivity contribution is 5.40. The lowest BCUT2D eigenvalue weighted by atomic mass is 10.1. The molecule has 0 radical (unpaired) electrons. The minimum Gasteiger partial charge on any atom is -0.455 e. The van der Waals surface area contributed by atoms with Gasteiger partial charge in [0.2, 0.25) is 0 Å². The summed E-state index contributed by atoms with van der Waals surface area (Å²) in [5, 5.41) is 3.20. The van der Waals surface area contributed by atoms with Crippen LogP contribution in [0.3, 0.4) is 0 Å². The Morgan fingerprint density at radius 1 is 1.30 bits per heavy atom. The summed E-state index contributed by atoms with van der Waals surface area (Å²) in [6.07, 6.45) is 1.64. The summed E-state index contributed by atoms with van der Waals surface area (Å²) in [6.45, 7) is 6.58. The predicted molar refractivity (Wildman–Crippen MR) is 77.5 cm³/mol. The number of ether oxygens (including phenoxy) is 1. The number of rotatable bonds is 5. The van der Waals surface area contributed by atoms with Crippen LogP contribution in [0.5, 0.6) is 11.5 Å². The van der Waals surface area contributed by atoms with E-state index in [1.54, 1.807) is 18.3 Å². The van der Waals surface area contributed by atoms with Gasteiger partial charge in [0.05, 0.1) is 6.20 Å². The van der Waals surface area contributed by atoms with Crippen molar-refractivity contribution in [3.8, 4) is 11.5 Å². The van der Waals surface area contributed by atoms with Crippen LogP contribution in [-0.2, 0) is 0 Å². The Morgan fingerprint density at radius 3 is 2.75 bits per heavy atom. The van der Waals surface area contributed by atoms with Crippen molar-refractivity contribution in [1.82, 2.24) is 10.3 Å². The molecule has 1 atom stereocenters. The molecule has 3 nitrogen and oxygen atoms in total. The summed E-state index contributed by atoms with van der Waals surface area (Å²) >= 11 is 0. The van der Waals surface area contributed by atoms with Crippen LogP contribution in [0, 0.1) is 12.7 Å². The van der Waals surface area contributed by atoms with Gasteiger partial charge in [-0.3, -0.25) is 4.98 Å². The lowest BCUT2D eigenvalue weighted by Gasteiger charge is -2.18. The number of pyridine rings is 1. The molecule has 1 aromatic carbocycles. The van der Waals surface area contributed by atoms with E-state index in [1.807, 2.05) is 32.9 Å². The maximum absolute atomic E-state index is 14.1. The third kappa shape index (κ3) is 3.33. The summed E-state index contributed by atoms with van der Waals surface area (Å²) in [7, 11) is 0. The second kappa shape index (κ2) is 6.48. The molecule has 0 saturated heterocycles. The number of halogens is 1. The van der Waals surface area contributed by atoms with E-state index in [-0.39, 0.29) is 11.9 Å². The average molecular weight is 274 g/mol. The van der Waals surface area contributed by atoms with Crippen LogP contribution in [0.2, 0.25) is 0 Å². The largest absolute Gasteiger partial charge is 0.455 e. The number of aryl methyl sites for hydroxylation is 1. The lowest BCUT2D eigenvalue weighted by Crippen LogP contribution is -2.19. The minimum atomic E-state index is -0.268. The van der Waals surface area contributed by atoms with Gasteiger partial charge in [-0.25, -0.2) is 4.39 Å². The summed E-state index contributed by atoms with van der Waals surface area (Å²) < 4.78 is 19.8. The first-order chi connectivity index (χ1) is 9.61. The summed E-state index contributed by atoms with van der Waals surface area (Å²) in [6, 6.07) is 8.44. The Morgan fingerprint density at radius 2 is 2.10 bits per heavy atom. The molecule has 1 aromatic heterocycles. The van der Waals surface area contributed by atoms with Crippen LogP contribution in [0.15, 0.2) is 36.5 Å². The lowest BCUT2D eigenvalue weighted by molar-refractivity contribution is 0.446. The SMILES string of the molecule is CCNC(C)c1c(F)cccc1Oc1ccc(C)nc1. The van der Waals surface area contributed by atoms with Crippen molar-refractivity contribution < 1.29 is 9.13 Å². The van der Waals surface area contributed by atoms with Crippen LogP contribution in [0.25, 0.3) is 0 Å². The van der Waals surface area contributed by atoms with Gasteiger partial charge >= 0.3 is 0 Å². The molecule has 4 heteroatoms. The molecule has 0 aliphatic rings. The standard InChI is InChI=1S/C16H19FN2O/c1-4-18-12(3)16-14(17)6-5-7-15(16)20-13-9-8-11(2)19-10-13/h5-10,12,18H,4H2,1-3H3. The molecule has 1 N–H and O–H groups in total. The molecule has 106 valence electrons. The smallest absolute Gasteiger partial charge is 0.145 e. The molecule has 2 aromatic rings. The Labute approximate surface area is 118 Å². The highest BCUT2D eigenvalue weighted by atomic mass is 19.1. The van der Waals surface area contributed by atoms with Gasteiger partial charge in [-0.1, -0.05) is 13.0 Å². The van der Waals surface area contributed by atoms with Crippen LogP contribution in [0.1, 0.15) is 31.1 Å². The van der Waals surface area contributed by atoms with Gasteiger partial charge in [-0.2, -0.15) is 0 Å². The van der Waals surface area contributed by atoms with Gasteiger partial charge in [0.1, 0.15) is 17.3 Å². The fraction of sp³-hybridized carbons (Fsp3) is 0.312. The van der Waals surface area contributed by atoms with E-state index in [1.165, 1.54) is 6.07 Å².